The van der Waals surface area contributed by atoms with Crippen molar-refractivity contribution in [3.05, 3.63) is 35.9 Å². The second-order valence-electron chi connectivity index (χ2n) is 4.80. The van der Waals surface area contributed by atoms with Gasteiger partial charge in [0.1, 0.15) is 0 Å². The van der Waals surface area contributed by atoms with E-state index in [2.05, 4.69) is 42.2 Å². The van der Waals surface area contributed by atoms with E-state index in [1.54, 1.807) is 0 Å². The maximum atomic E-state index is 5.66. The molecule has 2 atom stereocenters. The minimum absolute atomic E-state index is 0. The van der Waals surface area contributed by atoms with Gasteiger partial charge >= 0.3 is 0 Å². The lowest BCUT2D eigenvalue weighted by atomic mass is 10.0. The first-order valence-electron chi connectivity index (χ1n) is 6.38. The highest BCUT2D eigenvalue weighted by molar-refractivity contribution is 5.85. The van der Waals surface area contributed by atoms with E-state index in [4.69, 9.17) is 10.5 Å². The van der Waals surface area contributed by atoms with E-state index >= 15 is 0 Å². The van der Waals surface area contributed by atoms with Crippen LogP contribution in [0.1, 0.15) is 18.4 Å². The smallest absolute Gasteiger partial charge is 0.0824 e. The molecular formula is C14H23ClN2O. The number of morpholine rings is 1. The molecule has 0 spiro atoms. The van der Waals surface area contributed by atoms with Gasteiger partial charge < -0.3 is 10.5 Å². The highest BCUT2D eigenvalue weighted by Gasteiger charge is 2.20. The van der Waals surface area contributed by atoms with Crippen molar-refractivity contribution < 1.29 is 4.74 Å². The molecule has 1 saturated heterocycles. The standard InChI is InChI=1S/C14H22N2O.ClH/c1-12(13-5-3-2-4-6-13)10-16-7-8-17-14(9-15)11-16;/h2-6,12,14H,7-11,15H2,1H3;1H. The third-order valence-corrected chi connectivity index (χ3v) is 3.39. The van der Waals surface area contributed by atoms with Gasteiger partial charge in [-0.15, -0.1) is 12.4 Å². The molecule has 1 fully saturated rings. The summed E-state index contributed by atoms with van der Waals surface area (Å²) in [4.78, 5) is 2.46. The van der Waals surface area contributed by atoms with Crippen molar-refractivity contribution in [2.24, 2.45) is 5.73 Å². The third-order valence-electron chi connectivity index (χ3n) is 3.39. The summed E-state index contributed by atoms with van der Waals surface area (Å²) < 4.78 is 5.58. The summed E-state index contributed by atoms with van der Waals surface area (Å²) in [7, 11) is 0. The lowest BCUT2D eigenvalue weighted by molar-refractivity contribution is -0.0244. The van der Waals surface area contributed by atoms with Crippen molar-refractivity contribution in [1.29, 1.82) is 0 Å². The van der Waals surface area contributed by atoms with Gasteiger partial charge in [0, 0.05) is 26.2 Å². The van der Waals surface area contributed by atoms with E-state index in [1.165, 1.54) is 5.56 Å². The summed E-state index contributed by atoms with van der Waals surface area (Å²) in [5.41, 5.74) is 7.06. The summed E-state index contributed by atoms with van der Waals surface area (Å²) in [6.45, 7) is 6.78. The molecular weight excluding hydrogens is 248 g/mol. The summed E-state index contributed by atoms with van der Waals surface area (Å²) in [6.07, 6.45) is 0.215. The summed E-state index contributed by atoms with van der Waals surface area (Å²) >= 11 is 0. The first kappa shape index (κ1) is 15.4. The minimum atomic E-state index is 0. The predicted octanol–water partition coefficient (Wildman–Crippen LogP) is 1.87. The maximum absolute atomic E-state index is 5.66. The molecule has 1 aliphatic heterocycles. The molecule has 2 N–H and O–H groups in total. The molecule has 102 valence electrons. The molecule has 0 aliphatic carbocycles. The minimum Gasteiger partial charge on any atom is -0.374 e. The Kier molecular flexibility index (Phi) is 6.65. The number of nitrogens with zero attached hydrogens (tertiary/aromatic N) is 1. The zero-order valence-corrected chi connectivity index (χ0v) is 11.7. The first-order chi connectivity index (χ1) is 8.29. The van der Waals surface area contributed by atoms with E-state index in [0.717, 1.165) is 26.2 Å². The van der Waals surface area contributed by atoms with Crippen molar-refractivity contribution in [3.8, 4) is 0 Å². The number of nitrogens with two attached hydrogens (primary N) is 1. The second-order valence-corrected chi connectivity index (χ2v) is 4.80. The molecule has 1 aliphatic rings. The number of halogens is 1. The average Bonchev–Trinajstić information content (AvgIpc) is 2.40. The van der Waals surface area contributed by atoms with Gasteiger partial charge in [-0.1, -0.05) is 37.3 Å². The van der Waals surface area contributed by atoms with Crippen LogP contribution in [-0.4, -0.2) is 43.8 Å². The second kappa shape index (κ2) is 7.74. The molecule has 18 heavy (non-hydrogen) atoms. The van der Waals surface area contributed by atoms with E-state index < -0.39 is 0 Å². The maximum Gasteiger partial charge on any atom is 0.0824 e. The van der Waals surface area contributed by atoms with Crippen LogP contribution >= 0.6 is 12.4 Å². The van der Waals surface area contributed by atoms with Crippen LogP contribution in [-0.2, 0) is 4.74 Å². The normalized spacial score (nSPS) is 22.2. The number of rotatable bonds is 4. The van der Waals surface area contributed by atoms with Crippen molar-refractivity contribution >= 4 is 12.4 Å². The van der Waals surface area contributed by atoms with Crippen LogP contribution in [0.4, 0.5) is 0 Å². The Labute approximate surface area is 116 Å². The van der Waals surface area contributed by atoms with Crippen molar-refractivity contribution in [1.82, 2.24) is 4.90 Å². The first-order valence-corrected chi connectivity index (χ1v) is 6.38. The Bertz CT molecular complexity index is 334. The number of benzene rings is 1. The molecule has 0 radical (unpaired) electrons. The van der Waals surface area contributed by atoms with Crippen molar-refractivity contribution in [3.63, 3.8) is 0 Å². The lowest BCUT2D eigenvalue weighted by Crippen LogP contribution is -2.46. The van der Waals surface area contributed by atoms with Crippen LogP contribution in [0.2, 0.25) is 0 Å². The Morgan fingerprint density at radius 3 is 2.78 bits per heavy atom. The summed E-state index contributed by atoms with van der Waals surface area (Å²) in [6, 6.07) is 10.7. The van der Waals surface area contributed by atoms with Gasteiger partial charge in [0.25, 0.3) is 0 Å². The van der Waals surface area contributed by atoms with E-state index in [0.29, 0.717) is 12.5 Å². The zero-order valence-electron chi connectivity index (χ0n) is 10.9. The molecule has 1 heterocycles. The fraction of sp³-hybridized carbons (Fsp3) is 0.571. The van der Waals surface area contributed by atoms with E-state index in [-0.39, 0.29) is 18.5 Å². The molecule has 3 nitrogen and oxygen atoms in total. The lowest BCUT2D eigenvalue weighted by Gasteiger charge is -2.34. The van der Waals surface area contributed by atoms with Gasteiger partial charge in [-0.3, -0.25) is 4.90 Å². The zero-order chi connectivity index (χ0) is 12.1. The average molecular weight is 271 g/mol. The largest absolute Gasteiger partial charge is 0.374 e. The molecule has 0 saturated carbocycles. The van der Waals surface area contributed by atoms with E-state index in [9.17, 15) is 0 Å². The Balaban J connectivity index is 0.00000162. The molecule has 1 aromatic carbocycles. The SMILES string of the molecule is CC(CN1CCOC(CN)C1)c1ccccc1.Cl. The molecule has 0 bridgehead atoms. The molecule has 0 aromatic heterocycles. The van der Waals surface area contributed by atoms with Gasteiger partial charge in [-0.25, -0.2) is 0 Å². The van der Waals surface area contributed by atoms with Gasteiger partial charge in [0.2, 0.25) is 0 Å². The number of ether oxygens (including phenoxy) is 1. The predicted molar refractivity (Wildman–Crippen MR) is 77.3 cm³/mol. The highest BCUT2D eigenvalue weighted by Crippen LogP contribution is 2.17. The number of hydrogen-bond acceptors (Lipinski definition) is 3. The number of hydrogen-bond donors (Lipinski definition) is 1. The van der Waals surface area contributed by atoms with Crippen LogP contribution in [0.5, 0.6) is 0 Å². The fourth-order valence-corrected chi connectivity index (χ4v) is 2.36. The Morgan fingerprint density at radius 1 is 1.39 bits per heavy atom. The summed E-state index contributed by atoms with van der Waals surface area (Å²) in [5.74, 6) is 0.563. The van der Waals surface area contributed by atoms with Crippen LogP contribution < -0.4 is 5.73 Å². The van der Waals surface area contributed by atoms with Crippen LogP contribution in [0.15, 0.2) is 30.3 Å². The van der Waals surface area contributed by atoms with Crippen molar-refractivity contribution in [2.75, 3.05) is 32.8 Å². The van der Waals surface area contributed by atoms with Gasteiger partial charge in [0.15, 0.2) is 0 Å². The van der Waals surface area contributed by atoms with E-state index in [1.807, 2.05) is 0 Å². The molecule has 1 aromatic rings. The molecule has 2 unspecified atom stereocenters. The van der Waals surface area contributed by atoms with Gasteiger partial charge in [-0.05, 0) is 11.5 Å². The Morgan fingerprint density at radius 2 is 2.11 bits per heavy atom. The third kappa shape index (κ3) is 4.25. The van der Waals surface area contributed by atoms with Gasteiger partial charge in [-0.2, -0.15) is 0 Å². The fourth-order valence-electron chi connectivity index (χ4n) is 2.36. The van der Waals surface area contributed by atoms with Crippen LogP contribution in [0, 0.1) is 0 Å². The van der Waals surface area contributed by atoms with Gasteiger partial charge in [0.05, 0.1) is 12.7 Å². The monoisotopic (exact) mass is 270 g/mol. The molecule has 0 amide bonds. The van der Waals surface area contributed by atoms with Crippen molar-refractivity contribution in [2.45, 2.75) is 18.9 Å². The highest BCUT2D eigenvalue weighted by atomic mass is 35.5. The molecule has 2 rings (SSSR count). The topological polar surface area (TPSA) is 38.5 Å². The van der Waals surface area contributed by atoms with Crippen LogP contribution in [0.3, 0.4) is 0 Å². The summed E-state index contributed by atoms with van der Waals surface area (Å²) in [5, 5.41) is 0. The Hall–Kier alpha value is -0.610. The molecule has 4 heteroatoms. The van der Waals surface area contributed by atoms with Crippen LogP contribution in [0.25, 0.3) is 0 Å². The quantitative estimate of drug-likeness (QED) is 0.908.